The van der Waals surface area contributed by atoms with Crippen molar-refractivity contribution in [2.75, 3.05) is 0 Å². The third kappa shape index (κ3) is 3.15. The van der Waals surface area contributed by atoms with Gasteiger partial charge in [-0.3, -0.25) is 0 Å². The lowest BCUT2D eigenvalue weighted by molar-refractivity contribution is 0.0697. The first-order chi connectivity index (χ1) is 10.7. The van der Waals surface area contributed by atoms with E-state index in [1.54, 1.807) is 12.1 Å². The fraction of sp³-hybridized carbons (Fsp3) is 0. The highest BCUT2D eigenvalue weighted by Crippen LogP contribution is 2.27. The largest absolute Gasteiger partial charge is 0.478 e. The number of carboxylic acid groups (broad SMARTS) is 1. The Bertz CT molecular complexity index is 777. The molecule has 0 bridgehead atoms. The summed E-state index contributed by atoms with van der Waals surface area (Å²) in [6.45, 7) is 0. The molecule has 0 radical (unpaired) electrons. The predicted octanol–water partition coefficient (Wildman–Crippen LogP) is 4.84. The van der Waals surface area contributed by atoms with Gasteiger partial charge in [0.15, 0.2) is 0 Å². The van der Waals surface area contributed by atoms with Gasteiger partial charge in [0, 0.05) is 0 Å². The number of hydrogen-bond acceptors (Lipinski definition) is 2. The van der Waals surface area contributed by atoms with Crippen LogP contribution in [-0.2, 0) is 0 Å². The molecule has 108 valence electrons. The summed E-state index contributed by atoms with van der Waals surface area (Å²) >= 11 is 0. The van der Waals surface area contributed by atoms with E-state index in [1.807, 2.05) is 54.6 Å². The minimum atomic E-state index is -0.947. The molecule has 22 heavy (non-hydrogen) atoms. The molecule has 1 N–H and O–H groups in total. The van der Waals surface area contributed by atoms with Gasteiger partial charge in [0.2, 0.25) is 0 Å². The van der Waals surface area contributed by atoms with Gasteiger partial charge in [0.25, 0.3) is 0 Å². The average Bonchev–Trinajstić information content (AvgIpc) is 2.56. The molecule has 0 unspecified atom stereocenters. The highest BCUT2D eigenvalue weighted by atomic mass is 16.5. The molecule has 0 atom stereocenters. The lowest BCUT2D eigenvalue weighted by Gasteiger charge is -2.08. The summed E-state index contributed by atoms with van der Waals surface area (Å²) in [5.41, 5.74) is 2.43. The van der Waals surface area contributed by atoms with Gasteiger partial charge in [-0.1, -0.05) is 42.5 Å². The zero-order valence-electron chi connectivity index (χ0n) is 11.8. The van der Waals surface area contributed by atoms with E-state index in [0.29, 0.717) is 11.5 Å². The molecule has 0 saturated carbocycles. The van der Waals surface area contributed by atoms with Crippen molar-refractivity contribution in [3.63, 3.8) is 0 Å². The SMILES string of the molecule is O=C(O)c1ccc(Oc2cccc(-c3ccccc3)c2)cc1. The predicted molar refractivity (Wildman–Crippen MR) is 85.4 cm³/mol. The Morgan fingerprint density at radius 1 is 0.727 bits per heavy atom. The van der Waals surface area contributed by atoms with Crippen molar-refractivity contribution >= 4 is 5.97 Å². The van der Waals surface area contributed by atoms with Gasteiger partial charge >= 0.3 is 5.97 Å². The van der Waals surface area contributed by atoms with Gasteiger partial charge in [-0.15, -0.1) is 0 Å². The summed E-state index contributed by atoms with van der Waals surface area (Å²) in [5, 5.41) is 8.89. The first-order valence-electron chi connectivity index (χ1n) is 6.89. The van der Waals surface area contributed by atoms with Gasteiger partial charge < -0.3 is 9.84 Å². The van der Waals surface area contributed by atoms with Crippen molar-refractivity contribution in [3.8, 4) is 22.6 Å². The number of hydrogen-bond donors (Lipinski definition) is 1. The summed E-state index contributed by atoms with van der Waals surface area (Å²) in [6, 6.07) is 24.2. The van der Waals surface area contributed by atoms with Gasteiger partial charge in [-0.05, 0) is 47.5 Å². The van der Waals surface area contributed by atoms with E-state index in [-0.39, 0.29) is 5.56 Å². The maximum atomic E-state index is 10.8. The minimum Gasteiger partial charge on any atom is -0.478 e. The van der Waals surface area contributed by atoms with Crippen LogP contribution in [0.2, 0.25) is 0 Å². The molecule has 0 heterocycles. The molecule has 0 fully saturated rings. The van der Waals surface area contributed by atoms with Crippen molar-refractivity contribution in [3.05, 3.63) is 84.4 Å². The molecule has 0 aromatic heterocycles. The molecular formula is C19H14O3. The maximum absolute atomic E-state index is 10.8. The van der Waals surface area contributed by atoms with Crippen molar-refractivity contribution in [2.24, 2.45) is 0 Å². The van der Waals surface area contributed by atoms with Crippen LogP contribution in [-0.4, -0.2) is 11.1 Å². The summed E-state index contributed by atoms with van der Waals surface area (Å²) < 4.78 is 5.78. The van der Waals surface area contributed by atoms with Crippen LogP contribution in [0, 0.1) is 0 Å². The van der Waals surface area contributed by atoms with Crippen molar-refractivity contribution in [1.82, 2.24) is 0 Å². The number of carboxylic acids is 1. The Morgan fingerprint density at radius 3 is 2.09 bits per heavy atom. The van der Waals surface area contributed by atoms with Gasteiger partial charge in [-0.25, -0.2) is 4.79 Å². The zero-order chi connectivity index (χ0) is 15.4. The summed E-state index contributed by atoms with van der Waals surface area (Å²) in [7, 11) is 0. The van der Waals surface area contributed by atoms with Crippen molar-refractivity contribution in [2.45, 2.75) is 0 Å². The van der Waals surface area contributed by atoms with E-state index >= 15 is 0 Å². The van der Waals surface area contributed by atoms with Crippen molar-refractivity contribution in [1.29, 1.82) is 0 Å². The Balaban J connectivity index is 1.82. The van der Waals surface area contributed by atoms with Crippen LogP contribution in [0.25, 0.3) is 11.1 Å². The van der Waals surface area contributed by atoms with E-state index in [1.165, 1.54) is 12.1 Å². The second-order valence-corrected chi connectivity index (χ2v) is 4.83. The maximum Gasteiger partial charge on any atom is 0.335 e. The van der Waals surface area contributed by atoms with Crippen molar-refractivity contribution < 1.29 is 14.6 Å². The molecule has 3 nitrogen and oxygen atoms in total. The van der Waals surface area contributed by atoms with Gasteiger partial charge in [0.1, 0.15) is 11.5 Å². The lowest BCUT2D eigenvalue weighted by Crippen LogP contribution is -1.95. The van der Waals surface area contributed by atoms with Crippen LogP contribution in [0.4, 0.5) is 0 Å². The first kappa shape index (κ1) is 13.9. The Labute approximate surface area is 128 Å². The van der Waals surface area contributed by atoms with E-state index < -0.39 is 5.97 Å². The van der Waals surface area contributed by atoms with E-state index in [0.717, 1.165) is 11.1 Å². The molecule has 0 saturated heterocycles. The number of carbonyl (C=O) groups is 1. The Morgan fingerprint density at radius 2 is 1.41 bits per heavy atom. The summed E-state index contributed by atoms with van der Waals surface area (Å²) in [4.78, 5) is 10.8. The Hall–Kier alpha value is -3.07. The summed E-state index contributed by atoms with van der Waals surface area (Å²) in [5.74, 6) is 0.372. The second kappa shape index (κ2) is 6.14. The fourth-order valence-corrected chi connectivity index (χ4v) is 2.17. The highest BCUT2D eigenvalue weighted by molar-refractivity contribution is 5.87. The smallest absolute Gasteiger partial charge is 0.335 e. The zero-order valence-corrected chi connectivity index (χ0v) is 11.8. The highest BCUT2D eigenvalue weighted by Gasteiger charge is 2.04. The van der Waals surface area contributed by atoms with Gasteiger partial charge in [-0.2, -0.15) is 0 Å². The molecule has 0 aliphatic carbocycles. The lowest BCUT2D eigenvalue weighted by atomic mass is 10.1. The quantitative estimate of drug-likeness (QED) is 0.747. The number of rotatable bonds is 4. The van der Waals surface area contributed by atoms with Gasteiger partial charge in [0.05, 0.1) is 5.56 Å². The second-order valence-electron chi connectivity index (χ2n) is 4.83. The Kier molecular flexibility index (Phi) is 3.88. The monoisotopic (exact) mass is 290 g/mol. The number of benzene rings is 3. The normalized spacial score (nSPS) is 10.2. The molecule has 0 aliphatic rings. The molecule has 0 amide bonds. The molecule has 0 spiro atoms. The van der Waals surface area contributed by atoms with E-state index in [9.17, 15) is 4.79 Å². The molecule has 0 aliphatic heterocycles. The molecular weight excluding hydrogens is 276 g/mol. The molecule has 3 heteroatoms. The molecule has 3 aromatic carbocycles. The number of aromatic carboxylic acids is 1. The van der Waals surface area contributed by atoms with Crippen LogP contribution in [0.15, 0.2) is 78.9 Å². The topological polar surface area (TPSA) is 46.5 Å². The third-order valence-electron chi connectivity index (χ3n) is 3.28. The van der Waals surface area contributed by atoms with E-state index in [4.69, 9.17) is 9.84 Å². The number of ether oxygens (including phenoxy) is 1. The van der Waals surface area contributed by atoms with E-state index in [2.05, 4.69) is 0 Å². The minimum absolute atomic E-state index is 0.241. The van der Waals surface area contributed by atoms with Crippen LogP contribution in [0.5, 0.6) is 11.5 Å². The average molecular weight is 290 g/mol. The third-order valence-corrected chi connectivity index (χ3v) is 3.28. The van der Waals surface area contributed by atoms with Crippen LogP contribution < -0.4 is 4.74 Å². The van der Waals surface area contributed by atoms with Crippen LogP contribution in [0.3, 0.4) is 0 Å². The van der Waals surface area contributed by atoms with Crippen LogP contribution >= 0.6 is 0 Å². The standard InChI is InChI=1S/C19H14O3/c20-19(21)15-9-11-17(12-10-15)22-18-8-4-7-16(13-18)14-5-2-1-3-6-14/h1-13H,(H,20,21). The molecule has 3 aromatic rings. The van der Waals surface area contributed by atoms with Crippen LogP contribution in [0.1, 0.15) is 10.4 Å². The molecule has 3 rings (SSSR count). The first-order valence-corrected chi connectivity index (χ1v) is 6.89. The summed E-state index contributed by atoms with van der Waals surface area (Å²) in [6.07, 6.45) is 0. The fourth-order valence-electron chi connectivity index (χ4n) is 2.17.